The molecule has 0 heterocycles. The molecule has 1 rings (SSSR count). The van der Waals surface area contributed by atoms with Crippen molar-refractivity contribution in [3.8, 4) is 5.75 Å². The van der Waals surface area contributed by atoms with Gasteiger partial charge in [-0.25, -0.2) is 0 Å². The van der Waals surface area contributed by atoms with E-state index in [0.717, 1.165) is 28.9 Å². The van der Waals surface area contributed by atoms with Crippen molar-refractivity contribution in [2.45, 2.75) is 26.5 Å². The summed E-state index contributed by atoms with van der Waals surface area (Å²) < 4.78 is 11.8. The van der Waals surface area contributed by atoms with Crippen LogP contribution in [-0.4, -0.2) is 37.6 Å². The summed E-state index contributed by atoms with van der Waals surface area (Å²) in [5.41, 5.74) is 1.07. The van der Waals surface area contributed by atoms with Crippen LogP contribution in [0.2, 0.25) is 0 Å². The topological polar surface area (TPSA) is 50.7 Å². The van der Waals surface area contributed by atoms with Crippen molar-refractivity contribution in [2.24, 2.45) is 0 Å². The van der Waals surface area contributed by atoms with Crippen molar-refractivity contribution in [3.05, 3.63) is 28.2 Å². The molecule has 0 saturated carbocycles. The van der Waals surface area contributed by atoms with Crippen molar-refractivity contribution in [1.82, 2.24) is 5.32 Å². The van der Waals surface area contributed by atoms with Crippen LogP contribution in [0.25, 0.3) is 0 Å². The Labute approximate surface area is 123 Å². The predicted octanol–water partition coefficient (Wildman–Crippen LogP) is 2.33. The largest absolute Gasteiger partial charge is 0.489 e. The zero-order valence-electron chi connectivity index (χ0n) is 11.5. The van der Waals surface area contributed by atoms with Gasteiger partial charge in [0.2, 0.25) is 0 Å². The molecule has 0 aliphatic carbocycles. The molecular weight excluding hydrogens is 310 g/mol. The fourth-order valence-corrected chi connectivity index (χ4v) is 2.12. The summed E-state index contributed by atoms with van der Waals surface area (Å²) in [6, 6.07) is 5.91. The quantitative estimate of drug-likeness (QED) is 0.729. The lowest BCUT2D eigenvalue weighted by Crippen LogP contribution is -2.24. The second-order valence-corrected chi connectivity index (χ2v) is 4.99. The molecule has 1 atom stereocenters. The van der Waals surface area contributed by atoms with Crippen molar-refractivity contribution >= 4 is 15.9 Å². The minimum absolute atomic E-state index is 0.224. The maximum atomic E-state index is 9.72. The van der Waals surface area contributed by atoms with Crippen LogP contribution < -0.4 is 10.1 Å². The molecule has 108 valence electrons. The third-order valence-electron chi connectivity index (χ3n) is 2.55. The molecule has 0 bridgehead atoms. The highest BCUT2D eigenvalue weighted by molar-refractivity contribution is 9.10. The number of benzene rings is 1. The zero-order chi connectivity index (χ0) is 14.1. The highest BCUT2D eigenvalue weighted by Gasteiger charge is 2.11. The van der Waals surface area contributed by atoms with Crippen LogP contribution in [0.15, 0.2) is 22.7 Å². The molecule has 1 unspecified atom stereocenters. The maximum Gasteiger partial charge on any atom is 0.138 e. The second-order valence-electron chi connectivity index (χ2n) is 4.13. The van der Waals surface area contributed by atoms with Gasteiger partial charge in [-0.15, -0.1) is 0 Å². The molecule has 0 radical (unpaired) electrons. The molecule has 1 aromatic rings. The van der Waals surface area contributed by atoms with E-state index in [1.165, 1.54) is 0 Å². The molecule has 0 amide bonds. The Bertz CT molecular complexity index is 374. The van der Waals surface area contributed by atoms with E-state index in [2.05, 4.69) is 28.2 Å². The lowest BCUT2D eigenvalue weighted by molar-refractivity contribution is 0.0161. The highest BCUT2D eigenvalue weighted by Crippen LogP contribution is 2.29. The van der Waals surface area contributed by atoms with E-state index in [0.29, 0.717) is 13.2 Å². The van der Waals surface area contributed by atoms with Crippen LogP contribution in [0.4, 0.5) is 0 Å². The van der Waals surface area contributed by atoms with Gasteiger partial charge < -0.3 is 19.9 Å². The molecule has 1 aromatic carbocycles. The summed E-state index contributed by atoms with van der Waals surface area (Å²) >= 11 is 3.48. The normalized spacial score (nSPS) is 12.4. The van der Waals surface area contributed by atoms with E-state index in [1.807, 2.05) is 25.1 Å². The van der Waals surface area contributed by atoms with Gasteiger partial charge in [-0.05, 0) is 35.5 Å². The van der Waals surface area contributed by atoms with Crippen LogP contribution in [0.3, 0.4) is 0 Å². The molecule has 4 nitrogen and oxygen atoms in total. The molecule has 0 saturated heterocycles. The van der Waals surface area contributed by atoms with E-state index >= 15 is 0 Å². The van der Waals surface area contributed by atoms with Crippen molar-refractivity contribution < 1.29 is 14.6 Å². The molecule has 0 aliphatic rings. The van der Waals surface area contributed by atoms with Crippen molar-refractivity contribution in [2.75, 3.05) is 26.4 Å². The smallest absolute Gasteiger partial charge is 0.138 e. The summed E-state index contributed by atoms with van der Waals surface area (Å²) in [5.74, 6) is 0.777. The van der Waals surface area contributed by atoms with Gasteiger partial charge in [0, 0.05) is 18.7 Å². The van der Waals surface area contributed by atoms with Crippen molar-refractivity contribution in [1.29, 1.82) is 0 Å². The van der Waals surface area contributed by atoms with Gasteiger partial charge in [0.1, 0.15) is 18.5 Å². The lowest BCUT2D eigenvalue weighted by atomic mass is 10.2. The molecule has 0 aromatic heterocycles. The molecule has 19 heavy (non-hydrogen) atoms. The predicted molar refractivity (Wildman–Crippen MR) is 79.5 cm³/mol. The number of para-hydroxylation sites is 1. The fraction of sp³-hybridized carbons (Fsp3) is 0.571. The molecule has 0 spiro atoms. The number of ether oxygens (including phenoxy) is 2. The summed E-state index contributed by atoms with van der Waals surface area (Å²) in [4.78, 5) is 0. The highest BCUT2D eigenvalue weighted by atomic mass is 79.9. The number of aliphatic hydroxyl groups excluding tert-OH is 1. The SMILES string of the molecule is CCNCc1cccc(Br)c1OCC(O)COCC. The summed E-state index contributed by atoms with van der Waals surface area (Å²) in [6.45, 7) is 6.72. The number of rotatable bonds is 9. The molecule has 5 heteroatoms. The standard InChI is InChI=1S/C14H22BrNO3/c1-3-16-8-11-6-5-7-13(15)14(11)19-10-12(17)9-18-4-2/h5-7,12,16-17H,3-4,8-10H2,1-2H3. The van der Waals surface area contributed by atoms with E-state index in [9.17, 15) is 5.11 Å². The first-order valence-corrected chi connectivity index (χ1v) is 7.35. The minimum Gasteiger partial charge on any atom is -0.489 e. The molecular formula is C14H22BrNO3. The number of aliphatic hydroxyl groups is 1. The van der Waals surface area contributed by atoms with Crippen molar-refractivity contribution in [3.63, 3.8) is 0 Å². The van der Waals surface area contributed by atoms with Gasteiger partial charge in [0.05, 0.1) is 11.1 Å². The first-order valence-electron chi connectivity index (χ1n) is 6.55. The van der Waals surface area contributed by atoms with Crippen LogP contribution in [0, 0.1) is 0 Å². The van der Waals surface area contributed by atoms with Crippen LogP contribution in [0.1, 0.15) is 19.4 Å². The third kappa shape index (κ3) is 5.91. The van der Waals surface area contributed by atoms with Gasteiger partial charge in [-0.2, -0.15) is 0 Å². The van der Waals surface area contributed by atoms with Crippen LogP contribution >= 0.6 is 15.9 Å². The van der Waals surface area contributed by atoms with E-state index < -0.39 is 6.10 Å². The zero-order valence-corrected chi connectivity index (χ0v) is 13.1. The van der Waals surface area contributed by atoms with E-state index in [-0.39, 0.29) is 6.61 Å². The number of nitrogens with one attached hydrogen (secondary N) is 1. The summed E-state index contributed by atoms with van der Waals surface area (Å²) in [5, 5.41) is 13.0. The Morgan fingerprint density at radius 3 is 2.79 bits per heavy atom. The molecule has 0 fully saturated rings. The second kappa shape index (κ2) is 9.31. The van der Waals surface area contributed by atoms with E-state index in [1.54, 1.807) is 0 Å². The Morgan fingerprint density at radius 1 is 1.32 bits per heavy atom. The van der Waals surface area contributed by atoms with Crippen LogP contribution in [0.5, 0.6) is 5.75 Å². The first-order chi connectivity index (χ1) is 9.19. The van der Waals surface area contributed by atoms with Gasteiger partial charge in [0.25, 0.3) is 0 Å². The first kappa shape index (κ1) is 16.4. The lowest BCUT2D eigenvalue weighted by Gasteiger charge is -2.16. The van der Waals surface area contributed by atoms with Gasteiger partial charge in [0.15, 0.2) is 0 Å². The Morgan fingerprint density at radius 2 is 2.11 bits per heavy atom. The van der Waals surface area contributed by atoms with Gasteiger partial charge in [-0.1, -0.05) is 19.1 Å². The Balaban J connectivity index is 2.60. The van der Waals surface area contributed by atoms with Gasteiger partial charge in [-0.3, -0.25) is 0 Å². The van der Waals surface area contributed by atoms with Crippen LogP contribution in [-0.2, 0) is 11.3 Å². The summed E-state index contributed by atoms with van der Waals surface area (Å²) in [6.07, 6.45) is -0.612. The Kier molecular flexibility index (Phi) is 8.05. The summed E-state index contributed by atoms with van der Waals surface area (Å²) in [7, 11) is 0. The molecule has 2 N–H and O–H groups in total. The van der Waals surface area contributed by atoms with E-state index in [4.69, 9.17) is 9.47 Å². The molecule has 0 aliphatic heterocycles. The fourth-order valence-electron chi connectivity index (χ4n) is 1.60. The third-order valence-corrected chi connectivity index (χ3v) is 3.17. The average Bonchev–Trinajstić information content (AvgIpc) is 2.41. The average molecular weight is 332 g/mol. The van der Waals surface area contributed by atoms with Gasteiger partial charge >= 0.3 is 0 Å². The number of halogens is 1. The number of hydrogen-bond donors (Lipinski definition) is 2. The minimum atomic E-state index is -0.612. The Hall–Kier alpha value is -0.620. The maximum absolute atomic E-state index is 9.72. The number of hydrogen-bond acceptors (Lipinski definition) is 4. The monoisotopic (exact) mass is 331 g/mol.